The third-order valence-corrected chi connectivity index (χ3v) is 3.36. The molecule has 0 aromatic heterocycles. The molecule has 2 rings (SSSR count). The lowest BCUT2D eigenvalue weighted by Gasteiger charge is -2.24. The van der Waals surface area contributed by atoms with Crippen molar-refractivity contribution in [1.82, 2.24) is 5.32 Å². The standard InChI is InChI=1S/C13H16F2N2S/c14-10-7-4-8-11(15)12(10)17-13(18)16-9-5-2-1-3-6-9/h4,7-9H,1-3,5-6H2,(H2,16,17,18). The molecule has 0 unspecified atom stereocenters. The fourth-order valence-corrected chi connectivity index (χ4v) is 2.47. The van der Waals surface area contributed by atoms with Crippen LogP contribution in [0.2, 0.25) is 0 Å². The predicted molar refractivity (Wildman–Crippen MR) is 72.6 cm³/mol. The van der Waals surface area contributed by atoms with E-state index in [0.717, 1.165) is 12.8 Å². The first kappa shape index (κ1) is 13.2. The van der Waals surface area contributed by atoms with Gasteiger partial charge in [-0.1, -0.05) is 25.3 Å². The van der Waals surface area contributed by atoms with Crippen molar-refractivity contribution in [3.63, 3.8) is 0 Å². The van der Waals surface area contributed by atoms with Crippen LogP contribution in [0.4, 0.5) is 14.5 Å². The van der Waals surface area contributed by atoms with Crippen LogP contribution in [0.1, 0.15) is 32.1 Å². The highest BCUT2D eigenvalue weighted by Crippen LogP contribution is 2.19. The van der Waals surface area contributed by atoms with Crippen molar-refractivity contribution in [3.8, 4) is 0 Å². The highest BCUT2D eigenvalue weighted by atomic mass is 32.1. The second kappa shape index (κ2) is 6.09. The molecule has 98 valence electrons. The molecule has 1 aliphatic carbocycles. The van der Waals surface area contributed by atoms with Crippen LogP contribution < -0.4 is 10.6 Å². The minimum atomic E-state index is -0.636. The summed E-state index contributed by atoms with van der Waals surface area (Å²) in [6, 6.07) is 4.05. The van der Waals surface area contributed by atoms with Gasteiger partial charge in [0.2, 0.25) is 0 Å². The number of nitrogens with one attached hydrogen (secondary N) is 2. The molecule has 1 fully saturated rings. The molecule has 0 amide bonds. The van der Waals surface area contributed by atoms with Gasteiger partial charge in [0.05, 0.1) is 0 Å². The van der Waals surface area contributed by atoms with Crippen molar-refractivity contribution in [1.29, 1.82) is 0 Å². The van der Waals surface area contributed by atoms with E-state index in [1.54, 1.807) is 0 Å². The first-order valence-electron chi connectivity index (χ1n) is 6.18. The van der Waals surface area contributed by atoms with Gasteiger partial charge in [-0.15, -0.1) is 0 Å². The SMILES string of the molecule is Fc1cccc(F)c1NC(=S)NC1CCCCC1. The summed E-state index contributed by atoms with van der Waals surface area (Å²) >= 11 is 5.08. The maximum Gasteiger partial charge on any atom is 0.171 e. The molecule has 1 aliphatic rings. The van der Waals surface area contributed by atoms with Crippen molar-refractivity contribution >= 4 is 23.0 Å². The van der Waals surface area contributed by atoms with Crippen LogP contribution >= 0.6 is 12.2 Å². The van der Waals surface area contributed by atoms with E-state index in [2.05, 4.69) is 10.6 Å². The maximum absolute atomic E-state index is 13.4. The second-order valence-corrected chi connectivity index (χ2v) is 4.94. The minimum absolute atomic E-state index is 0.189. The van der Waals surface area contributed by atoms with Gasteiger partial charge in [0.15, 0.2) is 5.11 Å². The van der Waals surface area contributed by atoms with Gasteiger partial charge < -0.3 is 10.6 Å². The molecule has 0 heterocycles. The van der Waals surface area contributed by atoms with Crippen LogP contribution in [-0.2, 0) is 0 Å². The summed E-state index contributed by atoms with van der Waals surface area (Å²) in [4.78, 5) is 0. The van der Waals surface area contributed by atoms with Crippen LogP contribution in [0.5, 0.6) is 0 Å². The lowest BCUT2D eigenvalue weighted by molar-refractivity contribution is 0.414. The van der Waals surface area contributed by atoms with E-state index in [1.165, 1.54) is 37.5 Å². The van der Waals surface area contributed by atoms with Gasteiger partial charge in [-0.2, -0.15) is 0 Å². The average molecular weight is 270 g/mol. The van der Waals surface area contributed by atoms with E-state index in [-0.39, 0.29) is 10.8 Å². The average Bonchev–Trinajstić information content (AvgIpc) is 2.35. The van der Waals surface area contributed by atoms with Crippen LogP contribution in [-0.4, -0.2) is 11.2 Å². The Morgan fingerprint density at radius 1 is 1.11 bits per heavy atom. The van der Waals surface area contributed by atoms with E-state index in [1.807, 2.05) is 0 Å². The zero-order valence-electron chi connectivity index (χ0n) is 10.0. The van der Waals surface area contributed by atoms with Gasteiger partial charge in [-0.25, -0.2) is 8.78 Å². The Hall–Kier alpha value is -1.23. The zero-order valence-corrected chi connectivity index (χ0v) is 10.8. The molecule has 1 aromatic rings. The van der Waals surface area contributed by atoms with E-state index in [4.69, 9.17) is 12.2 Å². The molecule has 0 aliphatic heterocycles. The van der Waals surface area contributed by atoms with E-state index in [0.29, 0.717) is 6.04 Å². The van der Waals surface area contributed by atoms with E-state index >= 15 is 0 Å². The molecule has 2 nitrogen and oxygen atoms in total. The summed E-state index contributed by atoms with van der Waals surface area (Å²) in [7, 11) is 0. The normalized spacial score (nSPS) is 16.3. The molecule has 0 radical (unpaired) electrons. The quantitative estimate of drug-likeness (QED) is 0.803. The van der Waals surface area contributed by atoms with Crippen LogP contribution in [0.25, 0.3) is 0 Å². The van der Waals surface area contributed by atoms with Crippen molar-refractivity contribution in [3.05, 3.63) is 29.8 Å². The van der Waals surface area contributed by atoms with Crippen molar-refractivity contribution in [2.45, 2.75) is 38.1 Å². The van der Waals surface area contributed by atoms with Crippen molar-refractivity contribution in [2.75, 3.05) is 5.32 Å². The Kier molecular flexibility index (Phi) is 4.47. The number of hydrogen-bond acceptors (Lipinski definition) is 1. The summed E-state index contributed by atoms with van der Waals surface area (Å²) in [5.74, 6) is -1.27. The number of rotatable bonds is 2. The van der Waals surface area contributed by atoms with Crippen LogP contribution in [0, 0.1) is 11.6 Å². The molecule has 0 atom stereocenters. The van der Waals surface area contributed by atoms with Gasteiger partial charge >= 0.3 is 0 Å². The molecular weight excluding hydrogens is 254 g/mol. The Bertz CT molecular complexity index is 411. The first-order chi connectivity index (χ1) is 8.66. The molecule has 1 aromatic carbocycles. The largest absolute Gasteiger partial charge is 0.360 e. The van der Waals surface area contributed by atoms with Gasteiger partial charge in [0.1, 0.15) is 17.3 Å². The third-order valence-electron chi connectivity index (χ3n) is 3.14. The monoisotopic (exact) mass is 270 g/mol. The molecule has 0 bridgehead atoms. The van der Waals surface area contributed by atoms with Gasteiger partial charge in [0, 0.05) is 6.04 Å². The van der Waals surface area contributed by atoms with Crippen molar-refractivity contribution < 1.29 is 8.78 Å². The fourth-order valence-electron chi connectivity index (χ4n) is 2.20. The summed E-state index contributed by atoms with van der Waals surface area (Å²) < 4.78 is 26.8. The second-order valence-electron chi connectivity index (χ2n) is 4.53. The predicted octanol–water partition coefficient (Wildman–Crippen LogP) is 3.58. The van der Waals surface area contributed by atoms with Gasteiger partial charge in [0.25, 0.3) is 0 Å². The lowest BCUT2D eigenvalue weighted by atomic mass is 9.96. The molecular formula is C13H16F2N2S. The first-order valence-corrected chi connectivity index (χ1v) is 6.59. The van der Waals surface area contributed by atoms with Crippen LogP contribution in [0.15, 0.2) is 18.2 Å². The summed E-state index contributed by atoms with van der Waals surface area (Å²) in [6.45, 7) is 0. The molecule has 5 heteroatoms. The molecule has 1 saturated carbocycles. The third kappa shape index (κ3) is 3.38. The number of thiocarbonyl (C=S) groups is 1. The molecule has 0 saturated heterocycles. The maximum atomic E-state index is 13.4. The van der Waals surface area contributed by atoms with Crippen LogP contribution in [0.3, 0.4) is 0 Å². The summed E-state index contributed by atoms with van der Waals surface area (Å²) in [5.41, 5.74) is -0.189. The van der Waals surface area contributed by atoms with Gasteiger partial charge in [-0.3, -0.25) is 0 Å². The van der Waals surface area contributed by atoms with E-state index < -0.39 is 11.6 Å². The Labute approximate surface area is 111 Å². The molecule has 18 heavy (non-hydrogen) atoms. The minimum Gasteiger partial charge on any atom is -0.360 e. The molecule has 0 spiro atoms. The summed E-state index contributed by atoms with van der Waals surface area (Å²) in [5, 5.41) is 5.99. The number of hydrogen-bond donors (Lipinski definition) is 2. The topological polar surface area (TPSA) is 24.1 Å². The van der Waals surface area contributed by atoms with Crippen molar-refractivity contribution in [2.24, 2.45) is 0 Å². The van der Waals surface area contributed by atoms with Gasteiger partial charge in [-0.05, 0) is 37.2 Å². The number of benzene rings is 1. The lowest BCUT2D eigenvalue weighted by Crippen LogP contribution is -2.39. The zero-order chi connectivity index (χ0) is 13.0. The Morgan fingerprint density at radius 3 is 2.33 bits per heavy atom. The Balaban J connectivity index is 1.94. The molecule has 2 N–H and O–H groups in total. The fraction of sp³-hybridized carbons (Fsp3) is 0.462. The number of para-hydroxylation sites is 1. The van der Waals surface area contributed by atoms with E-state index in [9.17, 15) is 8.78 Å². The smallest absolute Gasteiger partial charge is 0.171 e. The highest BCUT2D eigenvalue weighted by Gasteiger charge is 2.15. The summed E-state index contributed by atoms with van der Waals surface area (Å²) in [6.07, 6.45) is 5.71. The highest BCUT2D eigenvalue weighted by molar-refractivity contribution is 7.80. The number of halogens is 2. The Morgan fingerprint density at radius 2 is 1.72 bits per heavy atom. The number of anilines is 1.